The minimum absolute atomic E-state index is 0.0138. The van der Waals surface area contributed by atoms with E-state index in [0.717, 1.165) is 19.3 Å². The van der Waals surface area contributed by atoms with Crippen molar-refractivity contribution in [1.29, 1.82) is 0 Å². The molecule has 1 aromatic carbocycles. The number of nitrogens with zero attached hydrogens (tertiary/aromatic N) is 3. The van der Waals surface area contributed by atoms with Crippen molar-refractivity contribution >= 4 is 11.8 Å². The molecule has 2 fully saturated rings. The second kappa shape index (κ2) is 7.18. The molecule has 4 rings (SSSR count). The van der Waals surface area contributed by atoms with Crippen molar-refractivity contribution in [2.24, 2.45) is 13.0 Å². The standard InChI is InChI=1S/C21H26N4O2/c1-24-14-11-22-18(24)20(27)25-12-9-21(10-13-25,15-16-7-8-16)23-19(26)17-5-3-2-4-6-17/h2-6,11,14,16H,7-10,12-13,15H2,1H3,(H,23,26). The first-order chi connectivity index (χ1) is 13.1. The molecule has 1 saturated heterocycles. The largest absolute Gasteiger partial charge is 0.346 e. The molecular weight excluding hydrogens is 340 g/mol. The molecule has 2 heterocycles. The molecule has 1 saturated carbocycles. The third-order valence-electron chi connectivity index (χ3n) is 5.81. The van der Waals surface area contributed by atoms with E-state index >= 15 is 0 Å². The van der Waals surface area contributed by atoms with Gasteiger partial charge in [0.15, 0.2) is 5.82 Å². The van der Waals surface area contributed by atoms with Crippen LogP contribution in [-0.4, -0.2) is 44.9 Å². The molecule has 1 aliphatic heterocycles. The fourth-order valence-corrected chi connectivity index (χ4v) is 4.01. The number of imidazole rings is 1. The Morgan fingerprint density at radius 3 is 2.48 bits per heavy atom. The molecule has 6 nitrogen and oxygen atoms in total. The molecule has 2 aliphatic rings. The van der Waals surface area contributed by atoms with Crippen molar-refractivity contribution in [3.63, 3.8) is 0 Å². The Labute approximate surface area is 159 Å². The minimum Gasteiger partial charge on any atom is -0.346 e. The first-order valence-corrected chi connectivity index (χ1v) is 9.70. The lowest BCUT2D eigenvalue weighted by molar-refractivity contribution is 0.0587. The summed E-state index contributed by atoms with van der Waals surface area (Å²) in [5, 5.41) is 3.33. The molecule has 0 bridgehead atoms. The number of aryl methyl sites for hydroxylation is 1. The number of aromatic nitrogens is 2. The second-order valence-corrected chi connectivity index (χ2v) is 7.90. The Bertz CT molecular complexity index is 818. The average Bonchev–Trinajstić information content (AvgIpc) is 3.39. The third-order valence-corrected chi connectivity index (χ3v) is 5.81. The van der Waals surface area contributed by atoms with E-state index in [2.05, 4.69) is 10.3 Å². The Hall–Kier alpha value is -2.63. The lowest BCUT2D eigenvalue weighted by Gasteiger charge is -2.42. The summed E-state index contributed by atoms with van der Waals surface area (Å²) in [5.74, 6) is 1.13. The molecule has 27 heavy (non-hydrogen) atoms. The molecule has 1 N–H and O–H groups in total. The average molecular weight is 366 g/mol. The van der Waals surface area contributed by atoms with Crippen molar-refractivity contribution < 1.29 is 9.59 Å². The van der Waals surface area contributed by atoms with Gasteiger partial charge in [0.2, 0.25) is 0 Å². The maximum absolute atomic E-state index is 12.8. The quantitative estimate of drug-likeness (QED) is 0.885. The first-order valence-electron chi connectivity index (χ1n) is 9.70. The zero-order chi connectivity index (χ0) is 18.9. The van der Waals surface area contributed by atoms with E-state index < -0.39 is 0 Å². The third kappa shape index (κ3) is 3.89. The number of likely N-dealkylation sites (tertiary alicyclic amines) is 1. The van der Waals surface area contributed by atoms with Gasteiger partial charge in [-0.1, -0.05) is 31.0 Å². The summed E-state index contributed by atoms with van der Waals surface area (Å²) in [6.45, 7) is 1.29. The molecule has 2 amide bonds. The lowest BCUT2D eigenvalue weighted by Crippen LogP contribution is -2.56. The van der Waals surface area contributed by atoms with E-state index in [1.807, 2.05) is 42.3 Å². The molecule has 1 aliphatic carbocycles. The van der Waals surface area contributed by atoms with Gasteiger partial charge in [0.05, 0.1) is 0 Å². The van der Waals surface area contributed by atoms with E-state index in [0.29, 0.717) is 30.4 Å². The number of amides is 2. The van der Waals surface area contributed by atoms with E-state index in [9.17, 15) is 9.59 Å². The van der Waals surface area contributed by atoms with Gasteiger partial charge in [0.1, 0.15) is 0 Å². The SMILES string of the molecule is Cn1ccnc1C(=O)N1CCC(CC2CC2)(NC(=O)c2ccccc2)CC1. The number of benzene rings is 1. The highest BCUT2D eigenvalue weighted by molar-refractivity contribution is 5.94. The van der Waals surface area contributed by atoms with Gasteiger partial charge >= 0.3 is 0 Å². The Balaban J connectivity index is 1.45. The highest BCUT2D eigenvalue weighted by Crippen LogP contribution is 2.40. The number of carbonyl (C=O) groups excluding carboxylic acids is 2. The Morgan fingerprint density at radius 2 is 1.89 bits per heavy atom. The lowest BCUT2D eigenvalue weighted by atomic mass is 9.82. The van der Waals surface area contributed by atoms with Gasteiger partial charge in [-0.05, 0) is 37.3 Å². The van der Waals surface area contributed by atoms with Crippen LogP contribution in [0.3, 0.4) is 0 Å². The Morgan fingerprint density at radius 1 is 1.19 bits per heavy atom. The summed E-state index contributed by atoms with van der Waals surface area (Å²) >= 11 is 0. The summed E-state index contributed by atoms with van der Waals surface area (Å²) in [4.78, 5) is 31.5. The summed E-state index contributed by atoms with van der Waals surface area (Å²) in [7, 11) is 1.83. The second-order valence-electron chi connectivity index (χ2n) is 7.90. The van der Waals surface area contributed by atoms with Crippen molar-refractivity contribution in [1.82, 2.24) is 19.8 Å². The summed E-state index contributed by atoms with van der Waals surface area (Å²) in [6, 6.07) is 9.38. The number of hydrogen-bond acceptors (Lipinski definition) is 3. The molecule has 0 spiro atoms. The molecule has 0 radical (unpaired) electrons. The first kappa shape index (κ1) is 17.8. The fourth-order valence-electron chi connectivity index (χ4n) is 4.01. The van der Waals surface area contributed by atoms with Gasteiger partial charge in [-0.3, -0.25) is 9.59 Å². The summed E-state index contributed by atoms with van der Waals surface area (Å²) in [6.07, 6.45) is 8.52. The summed E-state index contributed by atoms with van der Waals surface area (Å²) in [5.41, 5.74) is 0.478. The van der Waals surface area contributed by atoms with Crippen LogP contribution in [0.2, 0.25) is 0 Å². The number of nitrogens with one attached hydrogen (secondary N) is 1. The van der Waals surface area contributed by atoms with E-state index in [1.54, 1.807) is 17.0 Å². The van der Waals surface area contributed by atoms with Crippen LogP contribution in [0.5, 0.6) is 0 Å². The number of carbonyl (C=O) groups is 2. The molecule has 142 valence electrons. The van der Waals surface area contributed by atoms with Gasteiger partial charge in [0, 0.05) is 43.6 Å². The maximum Gasteiger partial charge on any atom is 0.289 e. The predicted molar refractivity (Wildman–Crippen MR) is 102 cm³/mol. The molecule has 1 aromatic heterocycles. The van der Waals surface area contributed by atoms with Crippen molar-refractivity contribution in [3.8, 4) is 0 Å². The van der Waals surface area contributed by atoms with Gasteiger partial charge < -0.3 is 14.8 Å². The van der Waals surface area contributed by atoms with Gasteiger partial charge in [-0.15, -0.1) is 0 Å². The normalized spacial score (nSPS) is 18.9. The molecule has 2 aromatic rings. The molecule has 0 atom stereocenters. The van der Waals surface area contributed by atoms with E-state index in [4.69, 9.17) is 0 Å². The topological polar surface area (TPSA) is 67.2 Å². The van der Waals surface area contributed by atoms with Crippen molar-refractivity contribution in [2.45, 2.75) is 37.6 Å². The molecule has 6 heteroatoms. The van der Waals surface area contributed by atoms with Crippen LogP contribution >= 0.6 is 0 Å². The zero-order valence-electron chi connectivity index (χ0n) is 15.7. The Kier molecular flexibility index (Phi) is 4.72. The van der Waals surface area contributed by atoms with Gasteiger partial charge in [-0.25, -0.2) is 4.98 Å². The number of rotatable bonds is 5. The van der Waals surface area contributed by atoms with Crippen LogP contribution in [0, 0.1) is 5.92 Å². The van der Waals surface area contributed by atoms with Gasteiger partial charge in [-0.2, -0.15) is 0 Å². The maximum atomic E-state index is 12.8. The monoisotopic (exact) mass is 366 g/mol. The highest BCUT2D eigenvalue weighted by Gasteiger charge is 2.41. The summed E-state index contributed by atoms with van der Waals surface area (Å²) < 4.78 is 1.76. The zero-order valence-corrected chi connectivity index (χ0v) is 15.7. The van der Waals surface area contributed by atoms with Crippen LogP contribution in [0.1, 0.15) is 53.1 Å². The van der Waals surface area contributed by atoms with Crippen LogP contribution in [-0.2, 0) is 7.05 Å². The van der Waals surface area contributed by atoms with Crippen LogP contribution < -0.4 is 5.32 Å². The van der Waals surface area contributed by atoms with E-state index in [-0.39, 0.29) is 17.4 Å². The van der Waals surface area contributed by atoms with E-state index in [1.165, 1.54) is 12.8 Å². The highest BCUT2D eigenvalue weighted by atomic mass is 16.2. The smallest absolute Gasteiger partial charge is 0.289 e. The molecule has 0 unspecified atom stereocenters. The van der Waals surface area contributed by atoms with Crippen LogP contribution in [0.4, 0.5) is 0 Å². The molecular formula is C21H26N4O2. The minimum atomic E-state index is -0.216. The van der Waals surface area contributed by atoms with Crippen LogP contribution in [0.15, 0.2) is 42.7 Å². The van der Waals surface area contributed by atoms with Gasteiger partial charge in [0.25, 0.3) is 11.8 Å². The number of piperidine rings is 1. The number of hydrogen-bond donors (Lipinski definition) is 1. The predicted octanol–water partition coefficient (Wildman–Crippen LogP) is 2.63. The van der Waals surface area contributed by atoms with Crippen molar-refractivity contribution in [3.05, 3.63) is 54.1 Å². The van der Waals surface area contributed by atoms with Crippen molar-refractivity contribution in [2.75, 3.05) is 13.1 Å². The fraction of sp³-hybridized carbons (Fsp3) is 0.476. The van der Waals surface area contributed by atoms with Crippen LogP contribution in [0.25, 0.3) is 0 Å².